The monoisotopic (exact) mass is 440 g/mol. The lowest BCUT2D eigenvalue weighted by Gasteiger charge is -2.30. The molecule has 0 unspecified atom stereocenters. The molecule has 2 heterocycles. The number of likely N-dealkylation sites (tertiary alicyclic amines) is 1. The molecular formula is C23H25FN4O4. The molecule has 1 aliphatic heterocycles. The number of rotatable bonds is 7. The van der Waals surface area contributed by atoms with Gasteiger partial charge < -0.3 is 19.3 Å². The third-order valence-electron chi connectivity index (χ3n) is 5.55. The molecule has 0 bridgehead atoms. The highest BCUT2D eigenvalue weighted by Gasteiger charge is 2.26. The molecule has 32 heavy (non-hydrogen) atoms. The third-order valence-corrected chi connectivity index (χ3v) is 5.55. The van der Waals surface area contributed by atoms with Crippen LogP contribution < -0.4 is 14.8 Å². The molecule has 4 rings (SSSR count). The van der Waals surface area contributed by atoms with Crippen molar-refractivity contribution in [2.24, 2.45) is 5.92 Å². The van der Waals surface area contributed by atoms with Crippen molar-refractivity contribution >= 4 is 11.6 Å². The number of aromatic nitrogens is 2. The minimum Gasteiger partial charge on any atom is -0.497 e. The summed E-state index contributed by atoms with van der Waals surface area (Å²) >= 11 is 0. The van der Waals surface area contributed by atoms with Crippen molar-refractivity contribution in [1.82, 2.24) is 15.0 Å². The van der Waals surface area contributed by atoms with Crippen LogP contribution in [0.1, 0.15) is 18.7 Å². The number of nitrogens with one attached hydrogen (secondary N) is 1. The summed E-state index contributed by atoms with van der Waals surface area (Å²) in [5.41, 5.74) is 1.30. The van der Waals surface area contributed by atoms with Crippen LogP contribution >= 0.6 is 0 Å². The molecule has 1 saturated heterocycles. The molecule has 0 spiro atoms. The first-order valence-corrected chi connectivity index (χ1v) is 10.4. The maximum absolute atomic E-state index is 13.1. The molecule has 0 aliphatic carbocycles. The lowest BCUT2D eigenvalue weighted by atomic mass is 9.95. The van der Waals surface area contributed by atoms with Crippen LogP contribution in [0.3, 0.4) is 0 Å². The smallest absolute Gasteiger partial charge is 0.257 e. The summed E-state index contributed by atoms with van der Waals surface area (Å²) in [5, 5.41) is 7.00. The van der Waals surface area contributed by atoms with Crippen LogP contribution in [0.4, 0.5) is 10.1 Å². The summed E-state index contributed by atoms with van der Waals surface area (Å²) in [6, 6.07) is 11.2. The largest absolute Gasteiger partial charge is 0.497 e. The Morgan fingerprint density at radius 3 is 2.59 bits per heavy atom. The first kappa shape index (κ1) is 21.8. The maximum Gasteiger partial charge on any atom is 0.257 e. The first-order chi connectivity index (χ1) is 15.6. The van der Waals surface area contributed by atoms with Gasteiger partial charge in [0, 0.05) is 17.5 Å². The summed E-state index contributed by atoms with van der Waals surface area (Å²) in [6.07, 6.45) is 1.46. The third kappa shape index (κ3) is 5.05. The molecule has 1 amide bonds. The quantitative estimate of drug-likeness (QED) is 0.599. The van der Waals surface area contributed by atoms with E-state index in [-0.39, 0.29) is 17.6 Å². The van der Waals surface area contributed by atoms with Gasteiger partial charge in [0.05, 0.1) is 26.5 Å². The number of hydrogen-bond donors (Lipinski definition) is 1. The van der Waals surface area contributed by atoms with Crippen LogP contribution in [0.15, 0.2) is 47.0 Å². The Kier molecular flexibility index (Phi) is 6.65. The van der Waals surface area contributed by atoms with Crippen molar-refractivity contribution < 1.29 is 23.2 Å². The summed E-state index contributed by atoms with van der Waals surface area (Å²) in [7, 11) is 3.14. The zero-order valence-electron chi connectivity index (χ0n) is 18.0. The number of nitrogens with zero attached hydrogens (tertiary/aromatic N) is 3. The Hall–Kier alpha value is -3.46. The van der Waals surface area contributed by atoms with Gasteiger partial charge in [-0.05, 0) is 62.3 Å². The van der Waals surface area contributed by atoms with Gasteiger partial charge in [0.1, 0.15) is 17.3 Å². The van der Waals surface area contributed by atoms with E-state index in [1.165, 1.54) is 12.1 Å². The van der Waals surface area contributed by atoms with E-state index in [0.717, 1.165) is 25.9 Å². The molecule has 3 aromatic rings. The van der Waals surface area contributed by atoms with Crippen LogP contribution in [0.25, 0.3) is 11.5 Å². The topological polar surface area (TPSA) is 89.7 Å². The maximum atomic E-state index is 13.1. The van der Waals surface area contributed by atoms with Crippen LogP contribution in [0.2, 0.25) is 0 Å². The predicted octanol–water partition coefficient (Wildman–Crippen LogP) is 3.74. The lowest BCUT2D eigenvalue weighted by Crippen LogP contribution is -2.38. The zero-order valence-corrected chi connectivity index (χ0v) is 18.0. The molecule has 1 N–H and O–H groups in total. The molecule has 8 nitrogen and oxygen atoms in total. The number of amides is 1. The SMILES string of the molecule is COc1ccc(NC(=O)C2CCN(Cc3noc(-c4ccc(F)cc4)n3)CC2)c(OC)c1. The number of piperidine rings is 1. The van der Waals surface area contributed by atoms with Gasteiger partial charge in [-0.1, -0.05) is 5.16 Å². The molecule has 1 aliphatic rings. The van der Waals surface area contributed by atoms with Crippen molar-refractivity contribution in [3.63, 3.8) is 0 Å². The second-order valence-electron chi connectivity index (χ2n) is 7.63. The van der Waals surface area contributed by atoms with Crippen LogP contribution in [0, 0.1) is 11.7 Å². The molecule has 2 aromatic carbocycles. The number of carbonyl (C=O) groups excluding carboxylic acids is 1. The molecule has 168 valence electrons. The second kappa shape index (κ2) is 9.78. The Balaban J connectivity index is 1.30. The Morgan fingerprint density at radius 1 is 1.16 bits per heavy atom. The molecular weight excluding hydrogens is 415 g/mol. The first-order valence-electron chi connectivity index (χ1n) is 10.4. The van der Waals surface area contributed by atoms with Gasteiger partial charge in [-0.3, -0.25) is 9.69 Å². The van der Waals surface area contributed by atoms with E-state index in [2.05, 4.69) is 20.4 Å². The minimum absolute atomic E-state index is 0.0220. The van der Waals surface area contributed by atoms with E-state index in [0.29, 0.717) is 41.0 Å². The second-order valence-corrected chi connectivity index (χ2v) is 7.63. The number of methoxy groups -OCH3 is 2. The van der Waals surface area contributed by atoms with Gasteiger partial charge in [-0.25, -0.2) is 4.39 Å². The number of hydrogen-bond acceptors (Lipinski definition) is 7. The van der Waals surface area contributed by atoms with E-state index in [1.54, 1.807) is 44.6 Å². The number of anilines is 1. The molecule has 0 radical (unpaired) electrons. The Bertz CT molecular complexity index is 1060. The highest BCUT2D eigenvalue weighted by Crippen LogP contribution is 2.30. The van der Waals surface area contributed by atoms with E-state index in [1.807, 2.05) is 0 Å². The van der Waals surface area contributed by atoms with Crippen molar-refractivity contribution in [2.75, 3.05) is 32.6 Å². The fourth-order valence-electron chi connectivity index (χ4n) is 3.72. The van der Waals surface area contributed by atoms with Crippen molar-refractivity contribution in [1.29, 1.82) is 0 Å². The van der Waals surface area contributed by atoms with Gasteiger partial charge in [-0.15, -0.1) is 0 Å². The van der Waals surface area contributed by atoms with Gasteiger partial charge in [-0.2, -0.15) is 4.98 Å². The molecule has 1 fully saturated rings. The van der Waals surface area contributed by atoms with Gasteiger partial charge in [0.25, 0.3) is 5.89 Å². The van der Waals surface area contributed by atoms with E-state index in [4.69, 9.17) is 14.0 Å². The number of carbonyl (C=O) groups is 1. The molecule has 9 heteroatoms. The summed E-state index contributed by atoms with van der Waals surface area (Å²) in [5.74, 6) is 1.73. The normalized spacial score (nSPS) is 14.8. The highest BCUT2D eigenvalue weighted by atomic mass is 19.1. The average molecular weight is 440 g/mol. The van der Waals surface area contributed by atoms with Crippen LogP contribution in [-0.4, -0.2) is 48.3 Å². The van der Waals surface area contributed by atoms with E-state index < -0.39 is 0 Å². The number of halogens is 1. The number of ether oxygens (including phenoxy) is 2. The van der Waals surface area contributed by atoms with E-state index in [9.17, 15) is 9.18 Å². The summed E-state index contributed by atoms with van der Waals surface area (Å²) in [6.45, 7) is 2.03. The van der Waals surface area contributed by atoms with Gasteiger partial charge in [0.2, 0.25) is 5.91 Å². The Labute approximate surface area is 185 Å². The summed E-state index contributed by atoms with van der Waals surface area (Å²) in [4.78, 5) is 19.4. The van der Waals surface area contributed by atoms with Crippen molar-refractivity contribution in [3.05, 3.63) is 54.1 Å². The fourth-order valence-corrected chi connectivity index (χ4v) is 3.72. The number of benzene rings is 2. The highest BCUT2D eigenvalue weighted by molar-refractivity contribution is 5.94. The molecule has 0 atom stereocenters. The van der Waals surface area contributed by atoms with E-state index >= 15 is 0 Å². The van der Waals surface area contributed by atoms with Crippen LogP contribution in [0.5, 0.6) is 11.5 Å². The summed E-state index contributed by atoms with van der Waals surface area (Å²) < 4.78 is 28.9. The average Bonchev–Trinajstić information content (AvgIpc) is 3.28. The van der Waals surface area contributed by atoms with Gasteiger partial charge in [0.15, 0.2) is 5.82 Å². The standard InChI is InChI=1S/C23H25FN4O4/c1-30-18-7-8-19(20(13-18)31-2)25-22(29)15-9-11-28(12-10-15)14-21-26-23(32-27-21)16-3-5-17(24)6-4-16/h3-8,13,15H,9-12,14H2,1-2H3,(H,25,29). The molecule has 1 aromatic heterocycles. The minimum atomic E-state index is -0.314. The Morgan fingerprint density at radius 2 is 1.91 bits per heavy atom. The van der Waals surface area contributed by atoms with Crippen molar-refractivity contribution in [2.45, 2.75) is 19.4 Å². The van der Waals surface area contributed by atoms with Crippen LogP contribution in [-0.2, 0) is 11.3 Å². The fraction of sp³-hybridized carbons (Fsp3) is 0.348. The molecule has 0 saturated carbocycles. The zero-order chi connectivity index (χ0) is 22.5. The predicted molar refractivity (Wildman–Crippen MR) is 116 cm³/mol. The lowest BCUT2D eigenvalue weighted by molar-refractivity contribution is -0.121. The van der Waals surface area contributed by atoms with Gasteiger partial charge >= 0.3 is 0 Å². The van der Waals surface area contributed by atoms with Crippen molar-refractivity contribution in [3.8, 4) is 23.0 Å².